The largest absolute Gasteiger partial charge is 0.357 e. The van der Waals surface area contributed by atoms with Gasteiger partial charge in [-0.1, -0.05) is 19.8 Å². The van der Waals surface area contributed by atoms with Gasteiger partial charge in [-0.2, -0.15) is 0 Å². The van der Waals surface area contributed by atoms with Crippen molar-refractivity contribution in [2.24, 2.45) is 11.7 Å². The number of likely N-dealkylation sites (N-methyl/N-ethyl adjacent to an activating group) is 1. The molecular formula is C13H27N3O2. The summed E-state index contributed by atoms with van der Waals surface area (Å²) in [6.07, 6.45) is 4.49. The van der Waals surface area contributed by atoms with E-state index in [1.165, 1.54) is 0 Å². The Morgan fingerprint density at radius 3 is 2.39 bits per heavy atom. The standard InChI is InChI=1S/C13H27N3O2/c1-4-5-11(8-9-14)6-7-12(17)16-10(2)13(18)15-3/h10-11H,4-9,14H2,1-3H3,(H,15,18)(H,16,17). The molecule has 2 unspecified atom stereocenters. The van der Waals surface area contributed by atoms with Crippen LogP contribution in [-0.4, -0.2) is 31.4 Å². The van der Waals surface area contributed by atoms with E-state index in [2.05, 4.69) is 17.6 Å². The third-order valence-corrected chi connectivity index (χ3v) is 3.07. The van der Waals surface area contributed by atoms with Gasteiger partial charge in [-0.25, -0.2) is 0 Å². The second-order valence-electron chi connectivity index (χ2n) is 4.67. The molecule has 0 fully saturated rings. The quantitative estimate of drug-likeness (QED) is 0.571. The maximum Gasteiger partial charge on any atom is 0.242 e. The summed E-state index contributed by atoms with van der Waals surface area (Å²) in [4.78, 5) is 22.9. The minimum atomic E-state index is -0.471. The molecule has 0 aromatic rings. The Morgan fingerprint density at radius 1 is 1.22 bits per heavy atom. The average Bonchev–Trinajstić information content (AvgIpc) is 2.35. The first kappa shape index (κ1) is 16.9. The zero-order chi connectivity index (χ0) is 14.0. The Hall–Kier alpha value is -1.10. The highest BCUT2D eigenvalue weighted by Gasteiger charge is 2.15. The summed E-state index contributed by atoms with van der Waals surface area (Å²) >= 11 is 0. The highest BCUT2D eigenvalue weighted by molar-refractivity contribution is 5.86. The van der Waals surface area contributed by atoms with Gasteiger partial charge < -0.3 is 16.4 Å². The molecule has 0 bridgehead atoms. The van der Waals surface area contributed by atoms with E-state index in [4.69, 9.17) is 5.73 Å². The van der Waals surface area contributed by atoms with Crippen molar-refractivity contribution >= 4 is 11.8 Å². The fraction of sp³-hybridized carbons (Fsp3) is 0.846. The molecular weight excluding hydrogens is 230 g/mol. The molecule has 5 heteroatoms. The van der Waals surface area contributed by atoms with Crippen LogP contribution in [0.1, 0.15) is 46.0 Å². The Labute approximate surface area is 110 Å². The summed E-state index contributed by atoms with van der Waals surface area (Å²) in [5, 5.41) is 5.19. The van der Waals surface area contributed by atoms with Crippen LogP contribution in [0.5, 0.6) is 0 Å². The van der Waals surface area contributed by atoms with Gasteiger partial charge in [-0.15, -0.1) is 0 Å². The minimum Gasteiger partial charge on any atom is -0.357 e. The maximum absolute atomic E-state index is 11.7. The molecule has 18 heavy (non-hydrogen) atoms. The molecule has 0 aliphatic carbocycles. The second-order valence-corrected chi connectivity index (χ2v) is 4.67. The van der Waals surface area contributed by atoms with Crippen LogP contribution in [-0.2, 0) is 9.59 Å². The first-order valence-corrected chi connectivity index (χ1v) is 6.76. The van der Waals surface area contributed by atoms with Crippen LogP contribution in [0.3, 0.4) is 0 Å². The Balaban J connectivity index is 3.96. The van der Waals surface area contributed by atoms with Crippen LogP contribution in [0.4, 0.5) is 0 Å². The van der Waals surface area contributed by atoms with Crippen LogP contribution in [0.2, 0.25) is 0 Å². The normalized spacial score (nSPS) is 13.8. The van der Waals surface area contributed by atoms with E-state index in [9.17, 15) is 9.59 Å². The first-order valence-electron chi connectivity index (χ1n) is 6.76. The van der Waals surface area contributed by atoms with Crippen molar-refractivity contribution in [1.29, 1.82) is 0 Å². The number of nitrogens with one attached hydrogen (secondary N) is 2. The smallest absolute Gasteiger partial charge is 0.242 e. The molecule has 0 rings (SSSR count). The van der Waals surface area contributed by atoms with Crippen LogP contribution in [0.15, 0.2) is 0 Å². The monoisotopic (exact) mass is 257 g/mol. The van der Waals surface area contributed by atoms with Crippen LogP contribution >= 0.6 is 0 Å². The molecule has 2 amide bonds. The van der Waals surface area contributed by atoms with Crippen LogP contribution in [0.25, 0.3) is 0 Å². The van der Waals surface area contributed by atoms with E-state index in [0.717, 1.165) is 25.7 Å². The molecule has 0 aromatic carbocycles. The van der Waals surface area contributed by atoms with Crippen molar-refractivity contribution in [3.63, 3.8) is 0 Å². The number of hydrogen-bond donors (Lipinski definition) is 3. The van der Waals surface area contributed by atoms with E-state index < -0.39 is 6.04 Å². The van der Waals surface area contributed by atoms with Gasteiger partial charge in [0.15, 0.2) is 0 Å². The topological polar surface area (TPSA) is 84.2 Å². The summed E-state index contributed by atoms with van der Waals surface area (Å²) < 4.78 is 0. The first-order chi connectivity index (χ1) is 8.54. The van der Waals surface area contributed by atoms with Crippen molar-refractivity contribution < 1.29 is 9.59 Å². The molecule has 106 valence electrons. The lowest BCUT2D eigenvalue weighted by Crippen LogP contribution is -2.43. The van der Waals surface area contributed by atoms with Gasteiger partial charge in [-0.3, -0.25) is 9.59 Å². The van der Waals surface area contributed by atoms with Crippen LogP contribution < -0.4 is 16.4 Å². The summed E-state index contributed by atoms with van der Waals surface area (Å²) in [5.41, 5.74) is 5.55. The number of carbonyl (C=O) groups is 2. The zero-order valence-electron chi connectivity index (χ0n) is 11.8. The Morgan fingerprint density at radius 2 is 1.89 bits per heavy atom. The van der Waals surface area contributed by atoms with Crippen molar-refractivity contribution in [3.8, 4) is 0 Å². The number of carbonyl (C=O) groups excluding carboxylic acids is 2. The Kier molecular flexibility index (Phi) is 9.28. The molecule has 0 heterocycles. The third kappa shape index (κ3) is 7.27. The lowest BCUT2D eigenvalue weighted by Gasteiger charge is -2.16. The van der Waals surface area contributed by atoms with Gasteiger partial charge in [0.1, 0.15) is 6.04 Å². The predicted molar refractivity (Wildman–Crippen MR) is 73.0 cm³/mol. The molecule has 2 atom stereocenters. The summed E-state index contributed by atoms with van der Waals surface area (Å²) in [6, 6.07) is -0.471. The van der Waals surface area contributed by atoms with Gasteiger partial charge in [0.2, 0.25) is 11.8 Å². The number of nitrogens with two attached hydrogens (primary N) is 1. The zero-order valence-corrected chi connectivity index (χ0v) is 11.8. The fourth-order valence-corrected chi connectivity index (χ4v) is 2.01. The van der Waals surface area contributed by atoms with Crippen molar-refractivity contribution in [2.45, 2.75) is 52.0 Å². The van der Waals surface area contributed by atoms with E-state index >= 15 is 0 Å². The number of rotatable bonds is 9. The lowest BCUT2D eigenvalue weighted by molar-refractivity contribution is -0.128. The molecule has 0 aromatic heterocycles. The van der Waals surface area contributed by atoms with E-state index in [0.29, 0.717) is 18.9 Å². The highest BCUT2D eigenvalue weighted by Crippen LogP contribution is 2.16. The van der Waals surface area contributed by atoms with Gasteiger partial charge in [0.05, 0.1) is 0 Å². The molecule has 4 N–H and O–H groups in total. The summed E-state index contributed by atoms with van der Waals surface area (Å²) in [5.74, 6) is 0.278. The third-order valence-electron chi connectivity index (χ3n) is 3.07. The molecule has 5 nitrogen and oxygen atoms in total. The summed E-state index contributed by atoms with van der Waals surface area (Å²) in [7, 11) is 1.56. The van der Waals surface area contributed by atoms with E-state index in [-0.39, 0.29) is 11.8 Å². The van der Waals surface area contributed by atoms with Crippen LogP contribution in [0, 0.1) is 5.92 Å². The molecule has 0 spiro atoms. The Bertz CT molecular complexity index is 251. The average molecular weight is 257 g/mol. The van der Waals surface area contributed by atoms with E-state index in [1.54, 1.807) is 14.0 Å². The van der Waals surface area contributed by atoms with Gasteiger partial charge in [0, 0.05) is 13.5 Å². The fourth-order valence-electron chi connectivity index (χ4n) is 2.01. The molecule has 0 saturated heterocycles. The maximum atomic E-state index is 11.7. The number of hydrogen-bond acceptors (Lipinski definition) is 3. The molecule has 0 aliphatic rings. The molecule has 0 saturated carbocycles. The van der Waals surface area contributed by atoms with Crippen molar-refractivity contribution in [1.82, 2.24) is 10.6 Å². The molecule has 0 radical (unpaired) electrons. The number of amides is 2. The van der Waals surface area contributed by atoms with Gasteiger partial charge in [-0.05, 0) is 32.2 Å². The van der Waals surface area contributed by atoms with Crippen molar-refractivity contribution in [2.75, 3.05) is 13.6 Å². The minimum absolute atomic E-state index is 0.0655. The summed E-state index contributed by atoms with van der Waals surface area (Å²) in [6.45, 7) is 4.48. The van der Waals surface area contributed by atoms with Gasteiger partial charge >= 0.3 is 0 Å². The van der Waals surface area contributed by atoms with Crippen molar-refractivity contribution in [3.05, 3.63) is 0 Å². The second kappa shape index (κ2) is 9.88. The van der Waals surface area contributed by atoms with Gasteiger partial charge in [0.25, 0.3) is 0 Å². The SMILES string of the molecule is CCCC(CCN)CCC(=O)NC(C)C(=O)NC. The lowest BCUT2D eigenvalue weighted by atomic mass is 9.94. The predicted octanol–water partition coefficient (Wildman–Crippen LogP) is 0.782. The molecule has 0 aliphatic heterocycles. The van der Waals surface area contributed by atoms with E-state index in [1.807, 2.05) is 0 Å². The highest BCUT2D eigenvalue weighted by atomic mass is 16.2.